The number of benzene rings is 2. The summed E-state index contributed by atoms with van der Waals surface area (Å²) in [6.45, 7) is 4.29. The Kier molecular flexibility index (Phi) is 2.28. The SMILES string of the molecule is Cc1ccc2ccc(C)c(I)c2c1. The van der Waals surface area contributed by atoms with Crippen molar-refractivity contribution in [3.05, 3.63) is 45.0 Å². The zero-order valence-electron chi connectivity index (χ0n) is 7.76. The van der Waals surface area contributed by atoms with E-state index in [1.54, 1.807) is 0 Å². The third-order valence-corrected chi connectivity index (χ3v) is 3.74. The fraction of sp³-hybridized carbons (Fsp3) is 0.167. The van der Waals surface area contributed by atoms with E-state index in [0.717, 1.165) is 0 Å². The molecule has 2 aromatic rings. The minimum absolute atomic E-state index is 1.33. The standard InChI is InChI=1S/C12H11I/c1-8-3-5-10-6-4-9(2)12(13)11(10)7-8/h3-7H,1-2H3. The highest BCUT2D eigenvalue weighted by Crippen LogP contribution is 2.24. The number of hydrogen-bond acceptors (Lipinski definition) is 0. The van der Waals surface area contributed by atoms with Crippen LogP contribution in [0.1, 0.15) is 11.1 Å². The Morgan fingerprint density at radius 1 is 1.00 bits per heavy atom. The summed E-state index contributed by atoms with van der Waals surface area (Å²) in [6.07, 6.45) is 0. The molecule has 0 aliphatic carbocycles. The second kappa shape index (κ2) is 3.29. The predicted octanol–water partition coefficient (Wildman–Crippen LogP) is 4.06. The third-order valence-electron chi connectivity index (χ3n) is 2.30. The van der Waals surface area contributed by atoms with Crippen LogP contribution in [0.25, 0.3) is 10.8 Å². The van der Waals surface area contributed by atoms with Gasteiger partial charge in [0.15, 0.2) is 0 Å². The molecule has 2 aromatic carbocycles. The van der Waals surface area contributed by atoms with Crippen LogP contribution < -0.4 is 0 Å². The molecule has 66 valence electrons. The van der Waals surface area contributed by atoms with Crippen LogP contribution in [0.2, 0.25) is 0 Å². The van der Waals surface area contributed by atoms with Gasteiger partial charge in [0.05, 0.1) is 0 Å². The number of hydrogen-bond donors (Lipinski definition) is 0. The van der Waals surface area contributed by atoms with Crippen LogP contribution in [-0.4, -0.2) is 0 Å². The molecule has 0 saturated carbocycles. The lowest BCUT2D eigenvalue weighted by molar-refractivity contribution is 1.44. The van der Waals surface area contributed by atoms with Crippen LogP contribution in [0.3, 0.4) is 0 Å². The second-order valence-electron chi connectivity index (χ2n) is 3.42. The summed E-state index contributed by atoms with van der Waals surface area (Å²) >= 11 is 2.42. The molecule has 0 atom stereocenters. The van der Waals surface area contributed by atoms with Crippen molar-refractivity contribution in [1.29, 1.82) is 0 Å². The normalized spacial score (nSPS) is 10.7. The van der Waals surface area contributed by atoms with Gasteiger partial charge in [0.2, 0.25) is 0 Å². The van der Waals surface area contributed by atoms with Crippen LogP contribution in [0.15, 0.2) is 30.3 Å². The van der Waals surface area contributed by atoms with E-state index in [-0.39, 0.29) is 0 Å². The van der Waals surface area contributed by atoms with E-state index in [9.17, 15) is 0 Å². The Balaban J connectivity index is 2.89. The van der Waals surface area contributed by atoms with Crippen LogP contribution >= 0.6 is 22.6 Å². The first-order chi connectivity index (χ1) is 6.18. The average Bonchev–Trinajstić information content (AvgIpc) is 2.12. The molecule has 0 amide bonds. The summed E-state index contributed by atoms with van der Waals surface area (Å²) < 4.78 is 1.37. The first kappa shape index (κ1) is 9.00. The van der Waals surface area contributed by atoms with Gasteiger partial charge in [0, 0.05) is 3.57 Å². The first-order valence-electron chi connectivity index (χ1n) is 4.34. The number of halogens is 1. The molecule has 0 radical (unpaired) electrons. The third kappa shape index (κ3) is 1.57. The Morgan fingerprint density at radius 3 is 2.46 bits per heavy atom. The van der Waals surface area contributed by atoms with Crippen LogP contribution in [-0.2, 0) is 0 Å². The highest BCUT2D eigenvalue weighted by atomic mass is 127. The maximum absolute atomic E-state index is 2.42. The van der Waals surface area contributed by atoms with Gasteiger partial charge in [-0.2, -0.15) is 0 Å². The first-order valence-corrected chi connectivity index (χ1v) is 5.42. The predicted molar refractivity (Wildman–Crippen MR) is 66.1 cm³/mol. The van der Waals surface area contributed by atoms with Gasteiger partial charge in [-0.3, -0.25) is 0 Å². The molecule has 0 aliphatic rings. The van der Waals surface area contributed by atoms with Gasteiger partial charge in [0.25, 0.3) is 0 Å². The summed E-state index contributed by atoms with van der Waals surface area (Å²) in [7, 11) is 0. The molecule has 1 heteroatoms. The summed E-state index contributed by atoms with van der Waals surface area (Å²) in [5, 5.41) is 2.71. The molecule has 0 N–H and O–H groups in total. The molecule has 0 bridgehead atoms. The van der Waals surface area contributed by atoms with Gasteiger partial charge in [-0.25, -0.2) is 0 Å². The highest BCUT2D eigenvalue weighted by Gasteiger charge is 2.00. The topological polar surface area (TPSA) is 0 Å². The smallest absolute Gasteiger partial charge is 0.0238 e. The molecule has 0 fully saturated rings. The van der Waals surface area contributed by atoms with Gasteiger partial charge < -0.3 is 0 Å². The van der Waals surface area contributed by atoms with E-state index >= 15 is 0 Å². The molecule has 2 rings (SSSR count). The minimum atomic E-state index is 1.33. The van der Waals surface area contributed by atoms with Crippen molar-refractivity contribution in [2.45, 2.75) is 13.8 Å². The molecule has 0 saturated heterocycles. The van der Waals surface area contributed by atoms with Crippen molar-refractivity contribution in [1.82, 2.24) is 0 Å². The average molecular weight is 282 g/mol. The van der Waals surface area contributed by atoms with Crippen LogP contribution in [0.4, 0.5) is 0 Å². The van der Waals surface area contributed by atoms with Gasteiger partial charge >= 0.3 is 0 Å². The number of rotatable bonds is 0. The Hall–Kier alpha value is -0.570. The van der Waals surface area contributed by atoms with Crippen molar-refractivity contribution in [2.24, 2.45) is 0 Å². The van der Waals surface area contributed by atoms with Crippen molar-refractivity contribution in [3.63, 3.8) is 0 Å². The van der Waals surface area contributed by atoms with E-state index in [1.807, 2.05) is 0 Å². The van der Waals surface area contributed by atoms with E-state index in [1.165, 1.54) is 25.5 Å². The van der Waals surface area contributed by atoms with Gasteiger partial charge in [-0.1, -0.05) is 35.9 Å². The van der Waals surface area contributed by atoms with E-state index in [0.29, 0.717) is 0 Å². The van der Waals surface area contributed by atoms with Gasteiger partial charge in [-0.15, -0.1) is 0 Å². The zero-order chi connectivity index (χ0) is 9.42. The minimum Gasteiger partial charge on any atom is -0.0587 e. The Morgan fingerprint density at radius 2 is 1.69 bits per heavy atom. The molecule has 0 spiro atoms. The summed E-state index contributed by atoms with van der Waals surface area (Å²) in [5.41, 5.74) is 2.69. The Bertz CT molecular complexity index is 453. The fourth-order valence-corrected chi connectivity index (χ4v) is 2.15. The summed E-state index contributed by atoms with van der Waals surface area (Å²) in [4.78, 5) is 0. The molecule has 0 aliphatic heterocycles. The lowest BCUT2D eigenvalue weighted by Crippen LogP contribution is -1.83. The van der Waals surface area contributed by atoms with Crippen molar-refractivity contribution in [3.8, 4) is 0 Å². The lowest BCUT2D eigenvalue weighted by atomic mass is 10.1. The molecule has 0 aromatic heterocycles. The van der Waals surface area contributed by atoms with Gasteiger partial charge in [-0.05, 0) is 52.8 Å². The number of fused-ring (bicyclic) bond motifs is 1. The quantitative estimate of drug-likeness (QED) is 0.639. The van der Waals surface area contributed by atoms with E-state index < -0.39 is 0 Å². The molecular formula is C12H11I. The molecule has 0 nitrogen and oxygen atoms in total. The summed E-state index contributed by atoms with van der Waals surface area (Å²) in [5.74, 6) is 0. The second-order valence-corrected chi connectivity index (χ2v) is 4.50. The molecular weight excluding hydrogens is 271 g/mol. The molecule has 0 heterocycles. The van der Waals surface area contributed by atoms with Gasteiger partial charge in [0.1, 0.15) is 0 Å². The summed E-state index contributed by atoms with van der Waals surface area (Å²) in [6, 6.07) is 11.0. The van der Waals surface area contributed by atoms with Crippen molar-refractivity contribution in [2.75, 3.05) is 0 Å². The van der Waals surface area contributed by atoms with Crippen LogP contribution in [0, 0.1) is 17.4 Å². The zero-order valence-corrected chi connectivity index (χ0v) is 9.92. The van der Waals surface area contributed by atoms with E-state index in [4.69, 9.17) is 0 Å². The highest BCUT2D eigenvalue weighted by molar-refractivity contribution is 14.1. The molecule has 0 unspecified atom stereocenters. The molecule has 13 heavy (non-hydrogen) atoms. The van der Waals surface area contributed by atoms with Crippen LogP contribution in [0.5, 0.6) is 0 Å². The maximum Gasteiger partial charge on any atom is 0.0238 e. The fourth-order valence-electron chi connectivity index (χ4n) is 1.51. The largest absolute Gasteiger partial charge is 0.0587 e. The monoisotopic (exact) mass is 282 g/mol. The lowest BCUT2D eigenvalue weighted by Gasteiger charge is -2.04. The Labute approximate surface area is 92.1 Å². The van der Waals surface area contributed by atoms with Crippen molar-refractivity contribution < 1.29 is 0 Å². The van der Waals surface area contributed by atoms with Crippen molar-refractivity contribution >= 4 is 33.4 Å². The number of aryl methyl sites for hydroxylation is 2. The maximum atomic E-state index is 2.42. The van der Waals surface area contributed by atoms with E-state index in [2.05, 4.69) is 66.8 Å².